The van der Waals surface area contributed by atoms with Gasteiger partial charge in [0.05, 0.1) is 6.42 Å². The highest BCUT2D eigenvalue weighted by Crippen LogP contribution is 2.57. The van der Waals surface area contributed by atoms with Gasteiger partial charge in [0.1, 0.15) is 30.3 Å². The second kappa shape index (κ2) is 16.0. The van der Waals surface area contributed by atoms with Gasteiger partial charge in [-0.1, -0.05) is 89.1 Å². The van der Waals surface area contributed by atoms with Crippen LogP contribution in [0.25, 0.3) is 11.1 Å². The fraction of sp³-hybridized carbons (Fsp3) is 0.600. The smallest absolute Gasteiger partial charge is 0.410 e. The molecule has 3 fully saturated rings. The van der Waals surface area contributed by atoms with Gasteiger partial charge in [-0.05, 0) is 71.1 Å². The zero-order chi connectivity index (χ0) is 42.5. The summed E-state index contributed by atoms with van der Waals surface area (Å²) in [6.07, 6.45) is 2.91. The summed E-state index contributed by atoms with van der Waals surface area (Å²) >= 11 is 0. The fourth-order valence-corrected chi connectivity index (χ4v) is 10.3. The minimum absolute atomic E-state index is 0.127. The van der Waals surface area contributed by atoms with Crippen LogP contribution in [0.15, 0.2) is 48.5 Å². The molecule has 1 heterocycles. The highest BCUT2D eigenvalue weighted by molar-refractivity contribution is 5.98. The summed E-state index contributed by atoms with van der Waals surface area (Å²) in [5.74, 6) is -3.50. The van der Waals surface area contributed by atoms with Gasteiger partial charge in [-0.25, -0.2) is 4.79 Å². The average Bonchev–Trinajstić information content (AvgIpc) is 3.72. The van der Waals surface area contributed by atoms with Crippen LogP contribution in [-0.2, 0) is 28.7 Å². The van der Waals surface area contributed by atoms with E-state index in [0.29, 0.717) is 38.6 Å². The van der Waals surface area contributed by atoms with E-state index in [9.17, 15) is 29.1 Å². The van der Waals surface area contributed by atoms with Crippen LogP contribution in [0.1, 0.15) is 96.1 Å². The van der Waals surface area contributed by atoms with Gasteiger partial charge in [-0.2, -0.15) is 0 Å². The molecule has 3 atom stereocenters. The Morgan fingerprint density at radius 2 is 1.38 bits per heavy atom. The summed E-state index contributed by atoms with van der Waals surface area (Å²) in [5, 5.41) is 9.68. The molecule has 1 saturated heterocycles. The van der Waals surface area contributed by atoms with Crippen LogP contribution < -0.4 is 0 Å². The number of carboxylic acid groups (broad SMARTS) is 1. The average molecular weight is 800 g/mol. The molecule has 58 heavy (non-hydrogen) atoms. The van der Waals surface area contributed by atoms with Crippen LogP contribution in [0.3, 0.4) is 0 Å². The van der Waals surface area contributed by atoms with Gasteiger partial charge in [-0.3, -0.25) is 28.9 Å². The molecule has 5 amide bonds. The molecule has 13 nitrogen and oxygen atoms in total. The van der Waals surface area contributed by atoms with Crippen molar-refractivity contribution in [3.8, 4) is 11.1 Å². The number of aliphatic carboxylic acids is 1. The van der Waals surface area contributed by atoms with Crippen molar-refractivity contribution in [3.05, 3.63) is 59.7 Å². The molecule has 2 aromatic rings. The van der Waals surface area contributed by atoms with Crippen molar-refractivity contribution in [2.24, 2.45) is 16.7 Å². The topological polar surface area (TPSA) is 148 Å². The molecular formula is C45H61N5O8. The Balaban J connectivity index is 1.25. The number of benzene rings is 2. The number of fused-ring (bicyclic) bond motifs is 3. The molecule has 2 aromatic carbocycles. The van der Waals surface area contributed by atoms with Crippen LogP contribution >= 0.6 is 0 Å². The second-order valence-corrected chi connectivity index (χ2v) is 18.3. The first-order valence-electron chi connectivity index (χ1n) is 20.7. The summed E-state index contributed by atoms with van der Waals surface area (Å²) in [4.78, 5) is 90.5. The molecule has 314 valence electrons. The number of carboxylic acids is 1. The molecule has 3 aliphatic carbocycles. The highest BCUT2D eigenvalue weighted by Gasteiger charge is 2.63. The first-order valence-corrected chi connectivity index (χ1v) is 20.7. The standard InChI is InChI=1S/C45H61N5O8/c1-10-28(11-2)37(40(55)47(7)34(22-36(51)52)38(53)46(5)6)48(8)41(56)45(25-43(3,4)26-45)49(9)39(54)35-23-44(20-21-44)27-50(35)42(57)58-24-33-31-18-14-12-16-29(31)30-17-13-15-19-32(30)33/h12-19,28,33-35,37H,10-11,20-27H2,1-9H3,(H,51,52)/t34?,35-,37?/m0/s1. The predicted molar refractivity (Wildman–Crippen MR) is 218 cm³/mol. The Kier molecular flexibility index (Phi) is 11.8. The van der Waals surface area contributed by atoms with Gasteiger partial charge >= 0.3 is 12.1 Å². The Bertz CT molecular complexity index is 1900. The summed E-state index contributed by atoms with van der Waals surface area (Å²) in [5.41, 5.74) is 2.69. The van der Waals surface area contributed by atoms with Crippen molar-refractivity contribution in [2.75, 3.05) is 48.4 Å². The number of ether oxygens (including phenoxy) is 1. The van der Waals surface area contributed by atoms with Gasteiger partial charge in [0.15, 0.2) is 0 Å². The van der Waals surface area contributed by atoms with Crippen LogP contribution in [-0.4, -0.2) is 137 Å². The number of hydrogen-bond donors (Lipinski definition) is 1. The molecule has 0 radical (unpaired) electrons. The van der Waals surface area contributed by atoms with Gasteiger partial charge in [0.2, 0.25) is 23.6 Å². The lowest BCUT2D eigenvalue weighted by atomic mass is 9.57. The van der Waals surface area contributed by atoms with Crippen molar-refractivity contribution in [1.82, 2.24) is 24.5 Å². The number of carbonyl (C=O) groups excluding carboxylic acids is 5. The summed E-state index contributed by atoms with van der Waals surface area (Å²) in [6, 6.07) is 13.1. The van der Waals surface area contributed by atoms with E-state index < -0.39 is 59.9 Å². The molecule has 4 aliphatic rings. The quantitative estimate of drug-likeness (QED) is 0.265. The molecular weight excluding hydrogens is 739 g/mol. The molecule has 0 bridgehead atoms. The largest absolute Gasteiger partial charge is 0.481 e. The minimum atomic E-state index is -1.30. The zero-order valence-electron chi connectivity index (χ0n) is 35.6. The van der Waals surface area contributed by atoms with E-state index >= 15 is 4.79 Å². The number of likely N-dealkylation sites (N-methyl/N-ethyl adjacent to an activating group) is 4. The molecule has 2 saturated carbocycles. The lowest BCUT2D eigenvalue weighted by molar-refractivity contribution is -0.174. The number of rotatable bonds is 14. The predicted octanol–water partition coefficient (Wildman–Crippen LogP) is 5.46. The molecule has 1 spiro atoms. The van der Waals surface area contributed by atoms with Crippen molar-refractivity contribution in [3.63, 3.8) is 0 Å². The van der Waals surface area contributed by atoms with E-state index in [0.717, 1.165) is 40.0 Å². The zero-order valence-corrected chi connectivity index (χ0v) is 35.6. The Morgan fingerprint density at radius 3 is 1.86 bits per heavy atom. The molecule has 1 N–H and O–H groups in total. The Labute approximate surface area is 342 Å². The van der Waals surface area contributed by atoms with Crippen LogP contribution in [0.2, 0.25) is 0 Å². The maximum absolute atomic E-state index is 15.1. The molecule has 1 aliphatic heterocycles. The van der Waals surface area contributed by atoms with Gasteiger partial charge < -0.3 is 29.4 Å². The van der Waals surface area contributed by atoms with E-state index in [1.54, 1.807) is 19.0 Å². The first kappa shape index (κ1) is 42.7. The molecule has 13 heteroatoms. The summed E-state index contributed by atoms with van der Waals surface area (Å²) in [6.45, 7) is 8.46. The Morgan fingerprint density at radius 1 is 0.828 bits per heavy atom. The SMILES string of the molecule is CCC(CC)C(C(=O)N(C)C(CC(=O)O)C(=O)N(C)C)N(C)C(=O)C1(N(C)C(=O)[C@@H]2CC3(CC3)CN2C(=O)OCC2c3ccccc3-c3ccccc32)CC(C)(C)C1. The van der Waals surface area contributed by atoms with Crippen molar-refractivity contribution < 1.29 is 38.6 Å². The van der Waals surface area contributed by atoms with E-state index in [4.69, 9.17) is 4.74 Å². The van der Waals surface area contributed by atoms with Crippen LogP contribution in [0.5, 0.6) is 0 Å². The molecule has 6 rings (SSSR count). The van der Waals surface area contributed by atoms with Crippen molar-refractivity contribution in [2.45, 2.75) is 109 Å². The van der Waals surface area contributed by atoms with E-state index in [1.165, 1.54) is 35.8 Å². The van der Waals surface area contributed by atoms with Crippen LogP contribution in [0, 0.1) is 16.7 Å². The van der Waals surface area contributed by atoms with Crippen molar-refractivity contribution >= 4 is 35.7 Å². The minimum Gasteiger partial charge on any atom is -0.481 e. The third-order valence-electron chi connectivity index (χ3n) is 13.6. The fourth-order valence-electron chi connectivity index (χ4n) is 10.3. The van der Waals surface area contributed by atoms with E-state index in [1.807, 2.05) is 52.0 Å². The normalized spacial score (nSPS) is 20.3. The maximum Gasteiger partial charge on any atom is 0.410 e. The van der Waals surface area contributed by atoms with Gasteiger partial charge in [0.25, 0.3) is 0 Å². The summed E-state index contributed by atoms with van der Waals surface area (Å²) < 4.78 is 6.09. The summed E-state index contributed by atoms with van der Waals surface area (Å²) in [7, 11) is 7.62. The highest BCUT2D eigenvalue weighted by atomic mass is 16.6. The number of nitrogens with zero attached hydrogens (tertiary/aromatic N) is 5. The van der Waals surface area contributed by atoms with Gasteiger partial charge in [-0.15, -0.1) is 0 Å². The number of likely N-dealkylation sites (tertiary alicyclic amines) is 1. The monoisotopic (exact) mass is 799 g/mol. The third kappa shape index (κ3) is 7.68. The van der Waals surface area contributed by atoms with Crippen molar-refractivity contribution in [1.29, 1.82) is 0 Å². The number of carbonyl (C=O) groups is 6. The number of hydrogen-bond acceptors (Lipinski definition) is 7. The van der Waals surface area contributed by atoms with E-state index in [-0.39, 0.29) is 35.2 Å². The lowest BCUT2D eigenvalue weighted by Crippen LogP contribution is -2.71. The molecule has 2 unspecified atom stereocenters. The van der Waals surface area contributed by atoms with E-state index in [2.05, 4.69) is 24.3 Å². The second-order valence-electron chi connectivity index (χ2n) is 18.3. The Hall–Kier alpha value is -4.94. The third-order valence-corrected chi connectivity index (χ3v) is 13.6. The maximum atomic E-state index is 15.1. The lowest BCUT2D eigenvalue weighted by Gasteiger charge is -2.58. The first-order chi connectivity index (χ1) is 27.3. The van der Waals surface area contributed by atoms with Gasteiger partial charge in [0, 0.05) is 47.7 Å². The van der Waals surface area contributed by atoms with Crippen LogP contribution in [0.4, 0.5) is 4.79 Å². The molecule has 0 aromatic heterocycles. The number of amides is 5.